The summed E-state index contributed by atoms with van der Waals surface area (Å²) in [6, 6.07) is 5.30. The first-order valence-electron chi connectivity index (χ1n) is 6.29. The van der Waals surface area contributed by atoms with Crippen LogP contribution in [-0.2, 0) is 0 Å². The molecule has 1 aromatic carbocycles. The van der Waals surface area contributed by atoms with Gasteiger partial charge in [0.15, 0.2) is 0 Å². The molecule has 3 nitrogen and oxygen atoms in total. The Kier molecular flexibility index (Phi) is 4.27. The summed E-state index contributed by atoms with van der Waals surface area (Å²) in [6.45, 7) is 1.76. The Morgan fingerprint density at radius 2 is 2.28 bits per heavy atom. The number of carbonyl (C=O) groups is 1. The van der Waals surface area contributed by atoms with Gasteiger partial charge in [0, 0.05) is 22.5 Å². The van der Waals surface area contributed by atoms with Crippen LogP contribution < -0.4 is 5.32 Å². The average Bonchev–Trinajstić information content (AvgIpc) is 2.79. The number of phenolic OH excluding ortho intramolecular Hbond substituents is 1. The number of phenols is 1. The number of hydrogen-bond donors (Lipinski definition) is 2. The molecule has 2 N–H and O–H groups in total. The monoisotopic (exact) mass is 311 g/mol. The number of benzene rings is 1. The van der Waals surface area contributed by atoms with Gasteiger partial charge in [0.1, 0.15) is 5.75 Å². The van der Waals surface area contributed by atoms with Gasteiger partial charge in [0.25, 0.3) is 5.91 Å². The maximum absolute atomic E-state index is 12.2. The molecule has 1 aromatic rings. The summed E-state index contributed by atoms with van der Waals surface area (Å²) in [5, 5.41) is 13.6. The number of halogens is 1. The second-order valence-electron chi connectivity index (χ2n) is 4.87. The van der Waals surface area contributed by atoms with Crippen molar-refractivity contribution in [3.05, 3.63) is 29.3 Å². The van der Waals surface area contributed by atoms with Gasteiger partial charge in [-0.3, -0.25) is 4.79 Å². The minimum atomic E-state index is -0.0822. The summed E-state index contributed by atoms with van der Waals surface area (Å²) in [5.41, 5.74) is 1.21. The molecule has 18 heavy (non-hydrogen) atoms. The van der Waals surface area contributed by atoms with E-state index in [1.54, 1.807) is 25.1 Å². The second-order valence-corrected chi connectivity index (χ2v) is 5.52. The van der Waals surface area contributed by atoms with Crippen LogP contribution in [0.15, 0.2) is 18.2 Å². The Bertz CT molecular complexity index is 447. The van der Waals surface area contributed by atoms with Gasteiger partial charge in [-0.05, 0) is 37.8 Å². The average molecular weight is 312 g/mol. The van der Waals surface area contributed by atoms with E-state index >= 15 is 0 Å². The molecule has 1 saturated carbocycles. The maximum Gasteiger partial charge on any atom is 0.251 e. The van der Waals surface area contributed by atoms with Crippen LogP contribution in [-0.4, -0.2) is 22.4 Å². The van der Waals surface area contributed by atoms with Crippen molar-refractivity contribution in [3.8, 4) is 5.75 Å². The second kappa shape index (κ2) is 5.74. The van der Waals surface area contributed by atoms with Crippen LogP contribution in [0, 0.1) is 12.8 Å². The highest BCUT2D eigenvalue weighted by Crippen LogP contribution is 2.28. The zero-order valence-electron chi connectivity index (χ0n) is 10.4. The lowest BCUT2D eigenvalue weighted by Gasteiger charge is -2.19. The number of aromatic hydroxyl groups is 1. The summed E-state index contributed by atoms with van der Waals surface area (Å²) in [7, 11) is 0. The molecule has 1 aliphatic carbocycles. The first-order chi connectivity index (χ1) is 8.63. The molecule has 0 aliphatic heterocycles. The van der Waals surface area contributed by atoms with E-state index in [9.17, 15) is 9.90 Å². The molecule has 2 rings (SSSR count). The van der Waals surface area contributed by atoms with Gasteiger partial charge in [-0.1, -0.05) is 28.4 Å². The zero-order chi connectivity index (χ0) is 13.1. The lowest BCUT2D eigenvalue weighted by molar-refractivity contribution is 0.0929. The molecule has 0 saturated heterocycles. The van der Waals surface area contributed by atoms with Crippen molar-refractivity contribution in [3.63, 3.8) is 0 Å². The Hall–Kier alpha value is -1.03. The van der Waals surface area contributed by atoms with Crippen molar-refractivity contribution in [2.45, 2.75) is 32.2 Å². The molecule has 0 aromatic heterocycles. The number of nitrogens with one attached hydrogen (secondary N) is 1. The molecule has 0 radical (unpaired) electrons. The fourth-order valence-corrected chi connectivity index (χ4v) is 3.30. The van der Waals surface area contributed by atoms with Crippen molar-refractivity contribution < 1.29 is 9.90 Å². The number of carbonyl (C=O) groups excluding carboxylic acids is 1. The third-order valence-corrected chi connectivity index (χ3v) is 4.56. The molecular formula is C14H18BrNO2. The molecule has 2 atom stereocenters. The predicted molar refractivity (Wildman–Crippen MR) is 75.2 cm³/mol. The Morgan fingerprint density at radius 3 is 3.00 bits per heavy atom. The normalized spacial score (nSPS) is 23.0. The minimum absolute atomic E-state index is 0.0822. The van der Waals surface area contributed by atoms with Gasteiger partial charge >= 0.3 is 0 Å². The van der Waals surface area contributed by atoms with E-state index in [0.717, 1.165) is 18.2 Å². The zero-order valence-corrected chi connectivity index (χ0v) is 12.0. The highest BCUT2D eigenvalue weighted by Gasteiger charge is 2.28. The first-order valence-corrected chi connectivity index (χ1v) is 7.41. The number of amides is 1. The summed E-state index contributed by atoms with van der Waals surface area (Å²) in [6.07, 6.45) is 3.37. The van der Waals surface area contributed by atoms with Crippen LogP contribution in [0.2, 0.25) is 0 Å². The van der Waals surface area contributed by atoms with Crippen molar-refractivity contribution >= 4 is 21.8 Å². The molecule has 4 heteroatoms. The van der Waals surface area contributed by atoms with Crippen molar-refractivity contribution in [2.75, 3.05) is 5.33 Å². The summed E-state index contributed by atoms with van der Waals surface area (Å²) >= 11 is 3.50. The smallest absolute Gasteiger partial charge is 0.251 e. The van der Waals surface area contributed by atoms with Crippen LogP contribution in [0.5, 0.6) is 5.75 Å². The van der Waals surface area contributed by atoms with Crippen LogP contribution in [0.3, 0.4) is 0 Å². The molecule has 0 bridgehead atoms. The fraction of sp³-hybridized carbons (Fsp3) is 0.500. The van der Waals surface area contributed by atoms with Crippen molar-refractivity contribution in [1.29, 1.82) is 0 Å². The van der Waals surface area contributed by atoms with Crippen LogP contribution >= 0.6 is 15.9 Å². The fourth-order valence-electron chi connectivity index (χ4n) is 2.53. The number of rotatable bonds is 3. The van der Waals surface area contributed by atoms with Gasteiger partial charge in [0.05, 0.1) is 0 Å². The van der Waals surface area contributed by atoms with E-state index in [0.29, 0.717) is 17.0 Å². The van der Waals surface area contributed by atoms with Crippen LogP contribution in [0.1, 0.15) is 35.2 Å². The maximum atomic E-state index is 12.2. The van der Waals surface area contributed by atoms with E-state index < -0.39 is 0 Å². The predicted octanol–water partition coefficient (Wildman–Crippen LogP) is 2.99. The largest absolute Gasteiger partial charge is 0.508 e. The highest BCUT2D eigenvalue weighted by atomic mass is 79.9. The molecule has 0 heterocycles. The van der Waals surface area contributed by atoms with E-state index in [1.807, 2.05) is 0 Å². The summed E-state index contributed by atoms with van der Waals surface area (Å²) in [5.74, 6) is 0.610. The molecule has 2 unspecified atom stereocenters. The first kappa shape index (κ1) is 13.4. The summed E-state index contributed by atoms with van der Waals surface area (Å²) in [4.78, 5) is 12.2. The molecule has 1 amide bonds. The number of alkyl halides is 1. The van der Waals surface area contributed by atoms with Crippen molar-refractivity contribution in [1.82, 2.24) is 5.32 Å². The molecule has 0 spiro atoms. The SMILES string of the molecule is Cc1c(O)cccc1C(=O)NC1CCCC1CBr. The lowest BCUT2D eigenvalue weighted by atomic mass is 10.0. The quantitative estimate of drug-likeness (QED) is 0.843. The molecule has 1 aliphatic rings. The van der Waals surface area contributed by atoms with Gasteiger partial charge < -0.3 is 10.4 Å². The van der Waals surface area contributed by atoms with Gasteiger partial charge in [0.2, 0.25) is 0 Å². The number of hydrogen-bond acceptors (Lipinski definition) is 2. The lowest BCUT2D eigenvalue weighted by Crippen LogP contribution is -2.38. The van der Waals surface area contributed by atoms with E-state index in [4.69, 9.17) is 0 Å². The molecule has 98 valence electrons. The van der Waals surface area contributed by atoms with E-state index in [2.05, 4.69) is 21.2 Å². The van der Waals surface area contributed by atoms with E-state index in [-0.39, 0.29) is 17.7 Å². The van der Waals surface area contributed by atoms with Gasteiger partial charge in [-0.25, -0.2) is 0 Å². The van der Waals surface area contributed by atoms with Crippen LogP contribution in [0.25, 0.3) is 0 Å². The van der Waals surface area contributed by atoms with E-state index in [1.165, 1.54) is 6.42 Å². The summed E-state index contributed by atoms with van der Waals surface area (Å²) < 4.78 is 0. The van der Waals surface area contributed by atoms with Crippen LogP contribution in [0.4, 0.5) is 0 Å². The third-order valence-electron chi connectivity index (χ3n) is 3.72. The van der Waals surface area contributed by atoms with Gasteiger partial charge in [-0.15, -0.1) is 0 Å². The Balaban J connectivity index is 2.10. The highest BCUT2D eigenvalue weighted by molar-refractivity contribution is 9.09. The van der Waals surface area contributed by atoms with Gasteiger partial charge in [-0.2, -0.15) is 0 Å². The molecule has 1 fully saturated rings. The standard InChI is InChI=1S/C14H18BrNO2/c1-9-11(5-3-7-13(9)17)14(18)16-12-6-2-4-10(12)8-15/h3,5,7,10,12,17H,2,4,6,8H2,1H3,(H,16,18). The Morgan fingerprint density at radius 1 is 1.50 bits per heavy atom. The third kappa shape index (κ3) is 2.69. The topological polar surface area (TPSA) is 49.3 Å². The van der Waals surface area contributed by atoms with Crippen molar-refractivity contribution in [2.24, 2.45) is 5.92 Å². The molecular weight excluding hydrogens is 294 g/mol. The minimum Gasteiger partial charge on any atom is -0.508 e. The Labute approximate surface area is 116 Å².